The normalized spacial score (nSPS) is 16.0. The van der Waals surface area contributed by atoms with Crippen molar-refractivity contribution in [3.63, 3.8) is 0 Å². The molecule has 2 N–H and O–H groups in total. The fourth-order valence-corrected chi connectivity index (χ4v) is 3.00. The highest BCUT2D eigenvalue weighted by Gasteiger charge is 2.27. The molecule has 0 spiro atoms. The van der Waals surface area contributed by atoms with Gasteiger partial charge in [-0.2, -0.15) is 0 Å². The first-order valence-corrected chi connectivity index (χ1v) is 8.46. The number of benzene rings is 2. The van der Waals surface area contributed by atoms with E-state index in [1.54, 1.807) is 0 Å². The maximum Gasteiger partial charge on any atom is 0.244 e. The van der Waals surface area contributed by atoms with Gasteiger partial charge in [0.05, 0.1) is 0 Å². The zero-order valence-electron chi connectivity index (χ0n) is 14.4. The SMILES string of the molecule is Cc1ccc(C(N)C(=O)N2CCC(Oc3ccccc3)CC2)cc1.Cl. The molecule has 1 saturated heterocycles. The van der Waals surface area contributed by atoms with Crippen LogP contribution in [0, 0.1) is 6.92 Å². The van der Waals surface area contributed by atoms with E-state index < -0.39 is 6.04 Å². The number of nitrogens with two attached hydrogens (primary N) is 1. The van der Waals surface area contributed by atoms with Gasteiger partial charge in [0.2, 0.25) is 5.91 Å². The lowest BCUT2D eigenvalue weighted by molar-refractivity contribution is -0.134. The van der Waals surface area contributed by atoms with Crippen LogP contribution in [0.15, 0.2) is 54.6 Å². The molecule has 134 valence electrons. The van der Waals surface area contributed by atoms with E-state index in [9.17, 15) is 4.79 Å². The van der Waals surface area contributed by atoms with E-state index in [1.165, 1.54) is 0 Å². The molecule has 0 aliphatic carbocycles. The molecule has 2 aromatic carbocycles. The molecule has 1 unspecified atom stereocenters. The minimum Gasteiger partial charge on any atom is -0.490 e. The molecule has 0 saturated carbocycles. The smallest absolute Gasteiger partial charge is 0.244 e. The Bertz CT molecular complexity index is 668. The predicted molar refractivity (Wildman–Crippen MR) is 102 cm³/mol. The number of carbonyl (C=O) groups excluding carboxylic acids is 1. The van der Waals surface area contributed by atoms with Crippen molar-refractivity contribution in [2.75, 3.05) is 13.1 Å². The molecule has 2 aromatic rings. The van der Waals surface area contributed by atoms with Gasteiger partial charge < -0.3 is 15.4 Å². The number of nitrogens with zero attached hydrogens (tertiary/aromatic N) is 1. The van der Waals surface area contributed by atoms with Crippen LogP contribution in [-0.4, -0.2) is 30.0 Å². The van der Waals surface area contributed by atoms with Crippen LogP contribution >= 0.6 is 12.4 Å². The number of amides is 1. The molecule has 4 nitrogen and oxygen atoms in total. The molecule has 25 heavy (non-hydrogen) atoms. The maximum absolute atomic E-state index is 12.6. The highest BCUT2D eigenvalue weighted by Crippen LogP contribution is 2.21. The monoisotopic (exact) mass is 360 g/mol. The Hall–Kier alpha value is -2.04. The number of likely N-dealkylation sites (tertiary alicyclic amines) is 1. The van der Waals surface area contributed by atoms with Gasteiger partial charge in [0.25, 0.3) is 0 Å². The fraction of sp³-hybridized carbons (Fsp3) is 0.350. The summed E-state index contributed by atoms with van der Waals surface area (Å²) in [4.78, 5) is 14.5. The van der Waals surface area contributed by atoms with E-state index in [1.807, 2.05) is 66.4 Å². The van der Waals surface area contributed by atoms with Gasteiger partial charge in [-0.1, -0.05) is 48.0 Å². The molecule has 0 bridgehead atoms. The molecule has 0 radical (unpaired) electrons. The topological polar surface area (TPSA) is 55.6 Å². The first kappa shape index (κ1) is 19.3. The number of aryl methyl sites for hydroxylation is 1. The summed E-state index contributed by atoms with van der Waals surface area (Å²) in [5, 5.41) is 0. The minimum atomic E-state index is -0.586. The third-order valence-corrected chi connectivity index (χ3v) is 4.50. The lowest BCUT2D eigenvalue weighted by Crippen LogP contribution is -2.45. The Morgan fingerprint density at radius 2 is 1.68 bits per heavy atom. The van der Waals surface area contributed by atoms with Crippen LogP contribution in [0.4, 0.5) is 0 Å². The van der Waals surface area contributed by atoms with Crippen molar-refractivity contribution in [1.82, 2.24) is 4.90 Å². The van der Waals surface area contributed by atoms with Crippen molar-refractivity contribution < 1.29 is 9.53 Å². The first-order chi connectivity index (χ1) is 11.6. The van der Waals surface area contributed by atoms with Crippen LogP contribution in [0.5, 0.6) is 5.75 Å². The zero-order valence-corrected chi connectivity index (χ0v) is 15.2. The Labute approximate surface area is 155 Å². The van der Waals surface area contributed by atoms with Gasteiger partial charge in [0, 0.05) is 25.9 Å². The van der Waals surface area contributed by atoms with E-state index in [-0.39, 0.29) is 24.4 Å². The number of hydrogen-bond donors (Lipinski definition) is 1. The van der Waals surface area contributed by atoms with Crippen molar-refractivity contribution >= 4 is 18.3 Å². The van der Waals surface area contributed by atoms with Gasteiger partial charge in [-0.05, 0) is 24.6 Å². The van der Waals surface area contributed by atoms with E-state index in [2.05, 4.69) is 0 Å². The summed E-state index contributed by atoms with van der Waals surface area (Å²) in [7, 11) is 0. The standard InChI is InChI=1S/C20H24N2O2.ClH/c1-15-7-9-16(10-8-15)19(21)20(23)22-13-11-18(12-14-22)24-17-5-3-2-4-6-17;/h2-10,18-19H,11-14,21H2,1H3;1H. The Morgan fingerprint density at radius 1 is 1.08 bits per heavy atom. The number of hydrogen-bond acceptors (Lipinski definition) is 3. The van der Waals surface area contributed by atoms with Crippen LogP contribution in [0.3, 0.4) is 0 Å². The van der Waals surface area contributed by atoms with Gasteiger partial charge in [0.1, 0.15) is 17.9 Å². The van der Waals surface area contributed by atoms with Crippen molar-refractivity contribution in [2.24, 2.45) is 5.73 Å². The number of halogens is 1. The highest BCUT2D eigenvalue weighted by molar-refractivity contribution is 5.85. The minimum absolute atomic E-state index is 0. The molecule has 1 aliphatic rings. The molecule has 1 atom stereocenters. The lowest BCUT2D eigenvalue weighted by atomic mass is 10.0. The average molecular weight is 361 g/mol. The van der Waals surface area contributed by atoms with Crippen LogP contribution in [0.1, 0.15) is 30.0 Å². The molecule has 1 amide bonds. The van der Waals surface area contributed by atoms with Crippen LogP contribution < -0.4 is 10.5 Å². The summed E-state index contributed by atoms with van der Waals surface area (Å²) in [6.45, 7) is 3.40. The van der Waals surface area contributed by atoms with Gasteiger partial charge >= 0.3 is 0 Å². The molecule has 1 aliphatic heterocycles. The second-order valence-corrected chi connectivity index (χ2v) is 6.34. The Kier molecular flexibility index (Phi) is 6.85. The molecule has 0 aromatic heterocycles. The maximum atomic E-state index is 12.6. The van der Waals surface area contributed by atoms with Crippen molar-refractivity contribution in [3.05, 3.63) is 65.7 Å². The molecule has 3 rings (SSSR count). The zero-order chi connectivity index (χ0) is 16.9. The molecular weight excluding hydrogens is 336 g/mol. The van der Waals surface area contributed by atoms with Gasteiger partial charge in [-0.25, -0.2) is 0 Å². The summed E-state index contributed by atoms with van der Waals surface area (Å²) in [5.41, 5.74) is 8.19. The van der Waals surface area contributed by atoms with Gasteiger partial charge in [-0.15, -0.1) is 12.4 Å². The predicted octanol–water partition coefficient (Wildman–Crippen LogP) is 3.49. The van der Waals surface area contributed by atoms with Crippen LogP contribution in [0.25, 0.3) is 0 Å². The van der Waals surface area contributed by atoms with Crippen molar-refractivity contribution in [2.45, 2.75) is 31.9 Å². The van der Waals surface area contributed by atoms with Crippen molar-refractivity contribution in [1.29, 1.82) is 0 Å². The second kappa shape index (κ2) is 8.88. The van der Waals surface area contributed by atoms with E-state index >= 15 is 0 Å². The highest BCUT2D eigenvalue weighted by atomic mass is 35.5. The third-order valence-electron chi connectivity index (χ3n) is 4.50. The summed E-state index contributed by atoms with van der Waals surface area (Å²) in [6, 6.07) is 17.1. The van der Waals surface area contributed by atoms with E-state index in [0.717, 1.165) is 29.7 Å². The Balaban J connectivity index is 0.00000225. The number of rotatable bonds is 4. The second-order valence-electron chi connectivity index (χ2n) is 6.34. The summed E-state index contributed by atoms with van der Waals surface area (Å²) in [6.07, 6.45) is 1.83. The quantitative estimate of drug-likeness (QED) is 0.908. The number of para-hydroxylation sites is 1. The Morgan fingerprint density at radius 3 is 2.28 bits per heavy atom. The van der Waals surface area contributed by atoms with Crippen molar-refractivity contribution in [3.8, 4) is 5.75 Å². The lowest BCUT2D eigenvalue weighted by Gasteiger charge is -2.33. The van der Waals surface area contributed by atoms with Crippen LogP contribution in [-0.2, 0) is 4.79 Å². The van der Waals surface area contributed by atoms with Crippen LogP contribution in [0.2, 0.25) is 0 Å². The molecule has 5 heteroatoms. The molecular formula is C20H25ClN2O2. The summed E-state index contributed by atoms with van der Waals surface area (Å²) >= 11 is 0. The summed E-state index contributed by atoms with van der Waals surface area (Å²) < 4.78 is 5.97. The first-order valence-electron chi connectivity index (χ1n) is 8.46. The van der Waals surface area contributed by atoms with Gasteiger partial charge in [-0.3, -0.25) is 4.79 Å². The number of ether oxygens (including phenoxy) is 1. The van der Waals surface area contributed by atoms with E-state index in [4.69, 9.17) is 10.5 Å². The summed E-state index contributed by atoms with van der Waals surface area (Å²) in [5.74, 6) is 0.885. The molecule has 1 fully saturated rings. The largest absolute Gasteiger partial charge is 0.490 e. The number of carbonyl (C=O) groups is 1. The number of piperidine rings is 1. The molecule has 1 heterocycles. The van der Waals surface area contributed by atoms with Gasteiger partial charge in [0.15, 0.2) is 0 Å². The third kappa shape index (κ3) is 4.97. The fourth-order valence-electron chi connectivity index (χ4n) is 3.00. The average Bonchev–Trinajstić information content (AvgIpc) is 2.63. The van der Waals surface area contributed by atoms with E-state index in [0.29, 0.717) is 13.1 Å².